The highest BCUT2D eigenvalue weighted by Crippen LogP contribution is 2.28. The Morgan fingerprint density at radius 3 is 2.35 bits per heavy atom. The minimum absolute atomic E-state index is 0.215. The number of rotatable bonds is 4. The van der Waals surface area contributed by atoms with Crippen LogP contribution < -0.4 is 0 Å². The Morgan fingerprint density at radius 1 is 1.24 bits per heavy atom. The van der Waals surface area contributed by atoms with Crippen molar-refractivity contribution in [3.8, 4) is 6.07 Å². The van der Waals surface area contributed by atoms with Gasteiger partial charge in [0.2, 0.25) is 0 Å². The van der Waals surface area contributed by atoms with Gasteiger partial charge in [-0.3, -0.25) is 4.90 Å². The summed E-state index contributed by atoms with van der Waals surface area (Å²) >= 11 is 0. The monoisotopic (exact) mass is 237 g/mol. The molecule has 0 aromatic rings. The molecule has 0 radical (unpaired) electrons. The first kappa shape index (κ1) is 14.5. The Morgan fingerprint density at radius 2 is 1.88 bits per heavy atom. The first-order valence-electron chi connectivity index (χ1n) is 7.00. The van der Waals surface area contributed by atoms with E-state index in [0.29, 0.717) is 6.04 Å². The average Bonchev–Trinajstić information content (AvgIpc) is 2.54. The van der Waals surface area contributed by atoms with Crippen molar-refractivity contribution in [1.82, 2.24) is 9.80 Å². The van der Waals surface area contributed by atoms with Gasteiger partial charge in [0.1, 0.15) is 5.54 Å². The van der Waals surface area contributed by atoms with E-state index in [1.54, 1.807) is 0 Å². The maximum atomic E-state index is 9.61. The molecule has 0 saturated carbocycles. The van der Waals surface area contributed by atoms with Crippen LogP contribution in [-0.2, 0) is 0 Å². The quantitative estimate of drug-likeness (QED) is 0.752. The van der Waals surface area contributed by atoms with Gasteiger partial charge in [-0.05, 0) is 52.7 Å². The zero-order valence-electron chi connectivity index (χ0n) is 11.9. The summed E-state index contributed by atoms with van der Waals surface area (Å²) < 4.78 is 0. The van der Waals surface area contributed by atoms with Crippen LogP contribution in [0, 0.1) is 11.3 Å². The molecule has 3 nitrogen and oxygen atoms in total. The zero-order chi connectivity index (χ0) is 12.9. The minimum atomic E-state index is -0.215. The molecule has 17 heavy (non-hydrogen) atoms. The van der Waals surface area contributed by atoms with Crippen molar-refractivity contribution < 1.29 is 0 Å². The molecule has 0 spiro atoms. The van der Waals surface area contributed by atoms with Crippen LogP contribution in [-0.4, -0.2) is 47.6 Å². The molecular formula is C14H27N3. The fraction of sp³-hybridized carbons (Fsp3) is 0.929. The lowest BCUT2D eigenvalue weighted by atomic mass is 9.90. The van der Waals surface area contributed by atoms with Crippen LogP contribution in [0.15, 0.2) is 0 Å². The molecule has 1 fully saturated rings. The topological polar surface area (TPSA) is 30.3 Å². The molecular weight excluding hydrogens is 210 g/mol. The summed E-state index contributed by atoms with van der Waals surface area (Å²) in [6, 6.07) is 3.22. The first-order valence-corrected chi connectivity index (χ1v) is 7.00. The van der Waals surface area contributed by atoms with E-state index in [1.165, 1.54) is 0 Å². The predicted octanol–water partition coefficient (Wildman–Crippen LogP) is 2.48. The molecule has 0 bridgehead atoms. The highest BCUT2D eigenvalue weighted by atomic mass is 15.2. The number of hydrogen-bond acceptors (Lipinski definition) is 3. The van der Waals surface area contributed by atoms with Crippen LogP contribution >= 0.6 is 0 Å². The Bertz CT molecular complexity index is 265. The molecule has 1 aliphatic heterocycles. The summed E-state index contributed by atoms with van der Waals surface area (Å²) in [7, 11) is 0. The van der Waals surface area contributed by atoms with Crippen molar-refractivity contribution in [2.24, 2.45) is 0 Å². The van der Waals surface area contributed by atoms with Crippen molar-refractivity contribution in [1.29, 1.82) is 5.26 Å². The van der Waals surface area contributed by atoms with Crippen molar-refractivity contribution in [3.05, 3.63) is 0 Å². The molecule has 0 aromatic heterocycles. The van der Waals surface area contributed by atoms with Gasteiger partial charge in [0.25, 0.3) is 0 Å². The van der Waals surface area contributed by atoms with E-state index in [9.17, 15) is 5.26 Å². The van der Waals surface area contributed by atoms with Crippen LogP contribution in [0.25, 0.3) is 0 Å². The average molecular weight is 237 g/mol. The predicted molar refractivity (Wildman–Crippen MR) is 71.8 cm³/mol. The lowest BCUT2D eigenvalue weighted by molar-refractivity contribution is 0.130. The fourth-order valence-corrected chi connectivity index (χ4v) is 2.98. The maximum Gasteiger partial charge on any atom is 0.110 e. The Hall–Kier alpha value is -0.590. The second kappa shape index (κ2) is 6.37. The van der Waals surface area contributed by atoms with Crippen molar-refractivity contribution in [2.45, 2.75) is 58.5 Å². The smallest absolute Gasteiger partial charge is 0.110 e. The van der Waals surface area contributed by atoms with Crippen molar-refractivity contribution >= 4 is 0 Å². The van der Waals surface area contributed by atoms with Gasteiger partial charge in [0.05, 0.1) is 6.07 Å². The molecule has 1 atom stereocenters. The highest BCUT2D eigenvalue weighted by molar-refractivity contribution is 5.09. The highest BCUT2D eigenvalue weighted by Gasteiger charge is 2.37. The van der Waals surface area contributed by atoms with Gasteiger partial charge >= 0.3 is 0 Å². The molecule has 3 heteroatoms. The summed E-state index contributed by atoms with van der Waals surface area (Å²) in [4.78, 5) is 4.85. The molecule has 0 aromatic carbocycles. The maximum absolute atomic E-state index is 9.61. The van der Waals surface area contributed by atoms with Crippen LogP contribution in [0.4, 0.5) is 0 Å². The Labute approximate surface area is 106 Å². The summed E-state index contributed by atoms with van der Waals surface area (Å²) in [5, 5.41) is 9.61. The van der Waals surface area contributed by atoms with E-state index in [-0.39, 0.29) is 5.54 Å². The molecule has 0 aliphatic carbocycles. The van der Waals surface area contributed by atoms with E-state index in [4.69, 9.17) is 0 Å². The first-order chi connectivity index (χ1) is 8.09. The van der Waals surface area contributed by atoms with E-state index in [1.807, 2.05) is 0 Å². The third-order valence-corrected chi connectivity index (χ3v) is 4.16. The molecule has 1 unspecified atom stereocenters. The normalized spacial score (nSPS) is 27.1. The molecule has 1 heterocycles. The summed E-state index contributed by atoms with van der Waals surface area (Å²) in [6.07, 6.45) is 3.15. The summed E-state index contributed by atoms with van der Waals surface area (Å²) in [5.74, 6) is 0. The van der Waals surface area contributed by atoms with Crippen molar-refractivity contribution in [3.63, 3.8) is 0 Å². The minimum Gasteiger partial charge on any atom is -0.301 e. The van der Waals surface area contributed by atoms with Gasteiger partial charge < -0.3 is 4.90 Å². The van der Waals surface area contributed by atoms with E-state index in [2.05, 4.69) is 43.6 Å². The second-order valence-electron chi connectivity index (χ2n) is 5.30. The third kappa shape index (κ3) is 3.20. The van der Waals surface area contributed by atoms with Crippen LogP contribution in [0.2, 0.25) is 0 Å². The molecule has 98 valence electrons. The SMILES string of the molecule is CCN(CC)C1(C#N)CCCN(C(C)C)CC1. The largest absolute Gasteiger partial charge is 0.301 e. The third-order valence-electron chi connectivity index (χ3n) is 4.16. The second-order valence-corrected chi connectivity index (χ2v) is 5.30. The van der Waals surface area contributed by atoms with E-state index < -0.39 is 0 Å². The van der Waals surface area contributed by atoms with Gasteiger partial charge in [0.15, 0.2) is 0 Å². The van der Waals surface area contributed by atoms with E-state index >= 15 is 0 Å². The van der Waals surface area contributed by atoms with Gasteiger partial charge in [-0.25, -0.2) is 0 Å². The standard InChI is InChI=1S/C14H27N3/c1-5-17(6-2)14(12-15)8-7-10-16(11-9-14)13(3)4/h13H,5-11H2,1-4H3. The fourth-order valence-electron chi connectivity index (χ4n) is 2.98. The van der Waals surface area contributed by atoms with Gasteiger partial charge in [-0.15, -0.1) is 0 Å². The summed E-state index contributed by atoms with van der Waals surface area (Å²) in [6.45, 7) is 13.0. The van der Waals surface area contributed by atoms with E-state index in [0.717, 1.165) is 45.4 Å². The van der Waals surface area contributed by atoms with Gasteiger partial charge in [0, 0.05) is 12.6 Å². The van der Waals surface area contributed by atoms with Crippen LogP contribution in [0.3, 0.4) is 0 Å². The number of likely N-dealkylation sites (tertiary alicyclic amines) is 1. The number of hydrogen-bond donors (Lipinski definition) is 0. The molecule has 1 rings (SSSR count). The van der Waals surface area contributed by atoms with Crippen LogP contribution in [0.1, 0.15) is 47.0 Å². The lowest BCUT2D eigenvalue weighted by Crippen LogP contribution is -2.48. The van der Waals surface area contributed by atoms with Crippen LogP contribution in [0.5, 0.6) is 0 Å². The molecule has 0 N–H and O–H groups in total. The summed E-state index contributed by atoms with van der Waals surface area (Å²) in [5.41, 5.74) is -0.215. The zero-order valence-corrected chi connectivity index (χ0v) is 11.9. The lowest BCUT2D eigenvalue weighted by Gasteiger charge is -2.37. The molecule has 1 aliphatic rings. The van der Waals surface area contributed by atoms with Crippen molar-refractivity contribution in [2.75, 3.05) is 26.2 Å². The Balaban J connectivity index is 2.78. The Kier molecular flexibility index (Phi) is 5.42. The number of nitrogens with zero attached hydrogens (tertiary/aromatic N) is 3. The van der Waals surface area contributed by atoms with Gasteiger partial charge in [-0.1, -0.05) is 13.8 Å². The number of nitriles is 1. The molecule has 1 saturated heterocycles. The van der Waals surface area contributed by atoms with Gasteiger partial charge in [-0.2, -0.15) is 5.26 Å². The molecule has 0 amide bonds.